The average Bonchev–Trinajstić information content (AvgIpc) is 2.27. The van der Waals surface area contributed by atoms with Crippen LogP contribution in [0.15, 0.2) is 24.3 Å². The zero-order chi connectivity index (χ0) is 11.7. The third kappa shape index (κ3) is 1.60. The van der Waals surface area contributed by atoms with E-state index >= 15 is 0 Å². The van der Waals surface area contributed by atoms with Gasteiger partial charge in [0.15, 0.2) is 11.5 Å². The second kappa shape index (κ2) is 3.65. The molecule has 8 nitrogen and oxygen atoms in total. The van der Waals surface area contributed by atoms with Gasteiger partial charge in [-0.1, -0.05) is 12.1 Å². The largest absolute Gasteiger partial charge is 0.460 e. The van der Waals surface area contributed by atoms with Gasteiger partial charge in [0.05, 0.1) is 9.85 Å². The number of hydrogen-bond donors (Lipinski definition) is 0. The average molecular weight is 226 g/mol. The predicted molar refractivity (Wildman–Crippen MR) is 49.3 cm³/mol. The first-order valence-electron chi connectivity index (χ1n) is 4.29. The topological polar surface area (TPSA) is 105 Å². The molecular weight excluding hydrogens is 220 g/mol. The van der Waals surface area contributed by atoms with Crippen LogP contribution in [-0.4, -0.2) is 22.3 Å². The van der Waals surface area contributed by atoms with Crippen LogP contribution in [0, 0.1) is 20.2 Å². The Hall–Kier alpha value is -2.38. The van der Waals surface area contributed by atoms with Gasteiger partial charge in [0.25, 0.3) is 0 Å². The summed E-state index contributed by atoms with van der Waals surface area (Å²) in [4.78, 5) is 19.4. The Kier molecular flexibility index (Phi) is 2.31. The molecule has 8 heteroatoms. The molecule has 0 saturated heterocycles. The standard InChI is InChI=1S/C8H6N2O6/c11-9(12)7-8(10(13)14)16-6-4-2-1-3-5(6)15-7/h1-4,7-8H. The van der Waals surface area contributed by atoms with Gasteiger partial charge in [0.1, 0.15) is 0 Å². The number of benzene rings is 1. The molecule has 0 N–H and O–H groups in total. The van der Waals surface area contributed by atoms with E-state index in [0.717, 1.165) is 0 Å². The fourth-order valence-corrected chi connectivity index (χ4v) is 1.32. The molecule has 1 aliphatic heterocycles. The lowest BCUT2D eigenvalue weighted by Gasteiger charge is -2.22. The summed E-state index contributed by atoms with van der Waals surface area (Å²) >= 11 is 0. The second-order valence-electron chi connectivity index (χ2n) is 3.03. The van der Waals surface area contributed by atoms with Gasteiger partial charge in [0, 0.05) is 0 Å². The molecule has 1 aliphatic rings. The molecule has 0 fully saturated rings. The van der Waals surface area contributed by atoms with Crippen molar-refractivity contribution in [2.45, 2.75) is 12.5 Å². The fraction of sp³-hybridized carbons (Fsp3) is 0.250. The zero-order valence-electron chi connectivity index (χ0n) is 7.81. The lowest BCUT2D eigenvalue weighted by Crippen LogP contribution is -2.49. The first-order valence-corrected chi connectivity index (χ1v) is 4.29. The van der Waals surface area contributed by atoms with Crippen LogP contribution in [0.1, 0.15) is 0 Å². The van der Waals surface area contributed by atoms with Crippen molar-refractivity contribution in [2.75, 3.05) is 0 Å². The maximum Gasteiger partial charge on any atom is 0.460 e. The van der Waals surface area contributed by atoms with Crippen molar-refractivity contribution in [3.8, 4) is 11.5 Å². The van der Waals surface area contributed by atoms with Crippen LogP contribution in [-0.2, 0) is 0 Å². The van der Waals surface area contributed by atoms with Crippen molar-refractivity contribution in [1.29, 1.82) is 0 Å². The van der Waals surface area contributed by atoms with E-state index in [4.69, 9.17) is 9.47 Å². The smallest absolute Gasteiger partial charge is 0.418 e. The van der Waals surface area contributed by atoms with Gasteiger partial charge in [-0.2, -0.15) is 0 Å². The minimum Gasteiger partial charge on any atom is -0.418 e. The van der Waals surface area contributed by atoms with Gasteiger partial charge in [0.2, 0.25) is 0 Å². The molecule has 2 rings (SSSR count). The Labute approximate surface area is 88.7 Å². The van der Waals surface area contributed by atoms with E-state index < -0.39 is 22.3 Å². The van der Waals surface area contributed by atoms with E-state index in [2.05, 4.69) is 0 Å². The number of para-hydroxylation sites is 2. The third-order valence-corrected chi connectivity index (χ3v) is 2.00. The van der Waals surface area contributed by atoms with Crippen molar-refractivity contribution >= 4 is 0 Å². The predicted octanol–water partition coefficient (Wildman–Crippen LogP) is 0.663. The summed E-state index contributed by atoms with van der Waals surface area (Å²) in [6.45, 7) is 0. The summed E-state index contributed by atoms with van der Waals surface area (Å²) in [5.41, 5.74) is 0. The molecule has 0 radical (unpaired) electrons. The van der Waals surface area contributed by atoms with Crippen LogP contribution in [0.4, 0.5) is 0 Å². The quantitative estimate of drug-likeness (QED) is 0.541. The number of nitrogens with zero attached hydrogens (tertiary/aromatic N) is 2. The highest BCUT2D eigenvalue weighted by Gasteiger charge is 2.49. The number of ether oxygens (including phenoxy) is 2. The number of nitro groups is 2. The maximum absolute atomic E-state index is 10.6. The van der Waals surface area contributed by atoms with Crippen LogP contribution in [0.2, 0.25) is 0 Å². The number of hydrogen-bond acceptors (Lipinski definition) is 6. The van der Waals surface area contributed by atoms with Crippen LogP contribution in [0.5, 0.6) is 11.5 Å². The summed E-state index contributed by atoms with van der Waals surface area (Å²) in [7, 11) is 0. The molecule has 1 heterocycles. The van der Waals surface area contributed by atoms with Crippen molar-refractivity contribution < 1.29 is 19.3 Å². The Morgan fingerprint density at radius 3 is 1.62 bits per heavy atom. The highest BCUT2D eigenvalue weighted by Crippen LogP contribution is 2.33. The Bertz CT molecular complexity index is 407. The van der Waals surface area contributed by atoms with Crippen LogP contribution < -0.4 is 9.47 Å². The summed E-state index contributed by atoms with van der Waals surface area (Å²) in [5, 5.41) is 21.2. The highest BCUT2D eigenvalue weighted by molar-refractivity contribution is 5.40. The zero-order valence-corrected chi connectivity index (χ0v) is 7.81. The molecule has 2 unspecified atom stereocenters. The number of rotatable bonds is 2. The molecular formula is C8H6N2O6. The lowest BCUT2D eigenvalue weighted by molar-refractivity contribution is -0.674. The fourth-order valence-electron chi connectivity index (χ4n) is 1.32. The summed E-state index contributed by atoms with van der Waals surface area (Å²) in [5.74, 6) is 0.254. The highest BCUT2D eigenvalue weighted by atomic mass is 16.7. The SMILES string of the molecule is O=[N+]([O-])C1Oc2ccccc2OC1[N+](=O)[O-]. The third-order valence-electron chi connectivity index (χ3n) is 2.00. The molecule has 0 aromatic heterocycles. The molecule has 16 heavy (non-hydrogen) atoms. The molecule has 0 amide bonds. The molecule has 2 atom stereocenters. The van der Waals surface area contributed by atoms with Gasteiger partial charge in [-0.15, -0.1) is 0 Å². The Balaban J connectivity index is 2.37. The van der Waals surface area contributed by atoms with E-state index in [9.17, 15) is 20.2 Å². The minimum absolute atomic E-state index is 0.127. The van der Waals surface area contributed by atoms with Gasteiger partial charge in [-0.3, -0.25) is 20.2 Å². The van der Waals surface area contributed by atoms with E-state index in [1.165, 1.54) is 12.1 Å². The van der Waals surface area contributed by atoms with Crippen molar-refractivity contribution in [3.05, 3.63) is 44.5 Å². The summed E-state index contributed by atoms with van der Waals surface area (Å²) in [6, 6.07) is 6.07. The molecule has 0 aliphatic carbocycles. The molecule has 0 spiro atoms. The van der Waals surface area contributed by atoms with Crippen LogP contribution in [0.25, 0.3) is 0 Å². The van der Waals surface area contributed by atoms with Crippen molar-refractivity contribution in [2.24, 2.45) is 0 Å². The van der Waals surface area contributed by atoms with E-state index in [1.54, 1.807) is 12.1 Å². The first-order chi connectivity index (χ1) is 7.59. The molecule has 84 valence electrons. The number of fused-ring (bicyclic) bond motifs is 1. The monoisotopic (exact) mass is 226 g/mol. The van der Waals surface area contributed by atoms with E-state index in [0.29, 0.717) is 0 Å². The van der Waals surface area contributed by atoms with Gasteiger partial charge >= 0.3 is 12.5 Å². The van der Waals surface area contributed by atoms with Gasteiger partial charge in [-0.05, 0) is 12.1 Å². The second-order valence-corrected chi connectivity index (χ2v) is 3.03. The van der Waals surface area contributed by atoms with Crippen LogP contribution >= 0.6 is 0 Å². The Morgan fingerprint density at radius 1 is 0.938 bits per heavy atom. The van der Waals surface area contributed by atoms with E-state index in [1.807, 2.05) is 0 Å². The van der Waals surface area contributed by atoms with E-state index in [-0.39, 0.29) is 11.5 Å². The minimum atomic E-state index is -1.83. The molecule has 0 saturated carbocycles. The summed E-state index contributed by atoms with van der Waals surface area (Å²) in [6.07, 6.45) is -3.66. The van der Waals surface area contributed by atoms with Gasteiger partial charge in [-0.25, -0.2) is 0 Å². The molecule has 0 bridgehead atoms. The molecule has 1 aromatic rings. The van der Waals surface area contributed by atoms with Crippen molar-refractivity contribution in [3.63, 3.8) is 0 Å². The van der Waals surface area contributed by atoms with Crippen molar-refractivity contribution in [1.82, 2.24) is 0 Å². The van der Waals surface area contributed by atoms with Gasteiger partial charge < -0.3 is 9.47 Å². The normalized spacial score (nSPS) is 22.5. The molecule has 1 aromatic carbocycles. The summed E-state index contributed by atoms with van der Waals surface area (Å²) < 4.78 is 9.80. The maximum atomic E-state index is 10.6. The van der Waals surface area contributed by atoms with Crippen LogP contribution in [0.3, 0.4) is 0 Å². The first kappa shape index (κ1) is 10.1. The lowest BCUT2D eigenvalue weighted by atomic mass is 10.3. The Morgan fingerprint density at radius 2 is 1.31 bits per heavy atom.